The van der Waals surface area contributed by atoms with Crippen molar-refractivity contribution in [3.05, 3.63) is 78.6 Å². The molecule has 30 heavy (non-hydrogen) atoms. The molecule has 1 atom stereocenters. The second-order valence-electron chi connectivity index (χ2n) is 7.90. The molecule has 156 valence electrons. The van der Waals surface area contributed by atoms with Crippen LogP contribution in [0.15, 0.2) is 73.1 Å². The minimum absolute atomic E-state index is 0.00326. The maximum atomic E-state index is 13.1. The molecule has 6 heteroatoms. The topological polar surface area (TPSA) is 67.6 Å². The van der Waals surface area contributed by atoms with Gasteiger partial charge in [-0.1, -0.05) is 18.2 Å². The van der Waals surface area contributed by atoms with Gasteiger partial charge in [-0.3, -0.25) is 4.79 Å². The lowest BCUT2D eigenvalue weighted by Gasteiger charge is -2.42. The number of nitrogens with zero attached hydrogens (tertiary/aromatic N) is 3. The van der Waals surface area contributed by atoms with Crippen molar-refractivity contribution in [2.75, 3.05) is 26.3 Å². The summed E-state index contributed by atoms with van der Waals surface area (Å²) in [6.45, 7) is 1.82. The normalized spacial score (nSPS) is 18.9. The summed E-state index contributed by atoms with van der Waals surface area (Å²) < 4.78 is 7.60. The molecule has 2 heterocycles. The fourth-order valence-corrected chi connectivity index (χ4v) is 4.06. The molecule has 1 fully saturated rings. The first kappa shape index (κ1) is 20.2. The first-order valence-electron chi connectivity index (χ1n) is 10.4. The number of carbonyl (C=O) groups is 1. The van der Waals surface area contributed by atoms with Crippen LogP contribution >= 0.6 is 0 Å². The van der Waals surface area contributed by atoms with Crippen molar-refractivity contribution in [2.45, 2.75) is 19.3 Å². The number of aromatic nitrogens is 2. The third-order valence-corrected chi connectivity index (χ3v) is 5.81. The van der Waals surface area contributed by atoms with Crippen LogP contribution in [-0.4, -0.2) is 52.0 Å². The predicted molar refractivity (Wildman–Crippen MR) is 115 cm³/mol. The van der Waals surface area contributed by atoms with E-state index in [9.17, 15) is 9.90 Å². The average molecular weight is 405 g/mol. The van der Waals surface area contributed by atoms with E-state index < -0.39 is 0 Å². The number of benzene rings is 2. The van der Waals surface area contributed by atoms with Gasteiger partial charge in [0.2, 0.25) is 0 Å². The number of likely N-dealkylation sites (tertiary alicyclic amines) is 1. The van der Waals surface area contributed by atoms with E-state index in [2.05, 4.69) is 5.10 Å². The van der Waals surface area contributed by atoms with Gasteiger partial charge in [-0.25, -0.2) is 4.68 Å². The van der Waals surface area contributed by atoms with Crippen LogP contribution in [0.5, 0.6) is 5.75 Å². The maximum Gasteiger partial charge on any atom is 0.253 e. The molecule has 0 saturated carbocycles. The lowest BCUT2D eigenvalue weighted by atomic mass is 9.78. The van der Waals surface area contributed by atoms with E-state index in [1.807, 2.05) is 71.8 Å². The van der Waals surface area contributed by atoms with Crippen LogP contribution in [0.4, 0.5) is 0 Å². The van der Waals surface area contributed by atoms with Crippen LogP contribution in [0.1, 0.15) is 29.6 Å². The van der Waals surface area contributed by atoms with Gasteiger partial charge in [0.1, 0.15) is 5.75 Å². The van der Waals surface area contributed by atoms with Crippen molar-refractivity contribution >= 4 is 5.91 Å². The Labute approximate surface area is 176 Å². The van der Waals surface area contributed by atoms with Crippen LogP contribution < -0.4 is 4.74 Å². The zero-order valence-corrected chi connectivity index (χ0v) is 17.0. The molecule has 0 spiro atoms. The monoisotopic (exact) mass is 405 g/mol. The Balaban J connectivity index is 1.39. The van der Waals surface area contributed by atoms with E-state index in [-0.39, 0.29) is 17.9 Å². The number of para-hydroxylation sites is 1. The molecule has 6 nitrogen and oxygen atoms in total. The van der Waals surface area contributed by atoms with E-state index in [1.54, 1.807) is 10.9 Å². The third kappa shape index (κ3) is 4.54. The molecular formula is C24H27N3O3. The van der Waals surface area contributed by atoms with Crippen molar-refractivity contribution in [2.24, 2.45) is 5.41 Å². The molecule has 1 N–H and O–H groups in total. The SMILES string of the molecule is O=C(c1ccc(-n2cccn2)cc1)N1CCC[C@](CO)(CCOc2ccccc2)C1. The molecule has 0 aliphatic carbocycles. The summed E-state index contributed by atoms with van der Waals surface area (Å²) in [7, 11) is 0. The summed E-state index contributed by atoms with van der Waals surface area (Å²) >= 11 is 0. The van der Waals surface area contributed by atoms with Crippen molar-refractivity contribution in [1.29, 1.82) is 0 Å². The van der Waals surface area contributed by atoms with Gasteiger partial charge in [-0.15, -0.1) is 0 Å². The number of piperidine rings is 1. The first-order valence-corrected chi connectivity index (χ1v) is 10.4. The Morgan fingerprint density at radius 3 is 2.60 bits per heavy atom. The fourth-order valence-electron chi connectivity index (χ4n) is 4.06. The standard InChI is InChI=1S/C24H27N3O3/c28-19-24(13-17-30-22-6-2-1-3-7-22)12-4-15-26(18-24)23(29)20-8-10-21(11-9-20)27-16-5-14-25-27/h1-3,5-11,14,16,28H,4,12-13,15,17-19H2/t24-/m0/s1. The molecule has 0 radical (unpaired) electrons. The van der Waals surface area contributed by atoms with Crippen LogP contribution in [0.25, 0.3) is 5.69 Å². The molecule has 0 bridgehead atoms. The summed E-state index contributed by atoms with van der Waals surface area (Å²) in [5.41, 5.74) is 1.25. The largest absolute Gasteiger partial charge is 0.494 e. The Hall–Kier alpha value is -3.12. The first-order chi connectivity index (χ1) is 14.7. The van der Waals surface area contributed by atoms with Gasteiger partial charge in [-0.05, 0) is 61.7 Å². The van der Waals surface area contributed by atoms with Crippen LogP contribution in [0.3, 0.4) is 0 Å². The Kier molecular flexibility index (Phi) is 6.14. The number of aliphatic hydroxyl groups is 1. The van der Waals surface area contributed by atoms with E-state index in [0.717, 1.165) is 24.3 Å². The van der Waals surface area contributed by atoms with E-state index in [4.69, 9.17) is 4.74 Å². The van der Waals surface area contributed by atoms with Crippen LogP contribution in [0.2, 0.25) is 0 Å². The number of rotatable bonds is 7. The fraction of sp³-hybridized carbons (Fsp3) is 0.333. The van der Waals surface area contributed by atoms with Gasteiger partial charge in [0.15, 0.2) is 0 Å². The van der Waals surface area contributed by atoms with Crippen molar-refractivity contribution < 1.29 is 14.6 Å². The molecule has 1 aromatic heterocycles. The van der Waals surface area contributed by atoms with E-state index >= 15 is 0 Å². The smallest absolute Gasteiger partial charge is 0.253 e. The maximum absolute atomic E-state index is 13.1. The highest BCUT2D eigenvalue weighted by atomic mass is 16.5. The molecule has 1 amide bonds. The van der Waals surface area contributed by atoms with Crippen molar-refractivity contribution in [3.8, 4) is 11.4 Å². The number of aliphatic hydroxyl groups excluding tert-OH is 1. The summed E-state index contributed by atoms with van der Waals surface area (Å²) in [5, 5.41) is 14.4. The zero-order valence-electron chi connectivity index (χ0n) is 17.0. The Bertz CT molecular complexity index is 942. The minimum Gasteiger partial charge on any atom is -0.494 e. The number of hydrogen-bond acceptors (Lipinski definition) is 4. The third-order valence-electron chi connectivity index (χ3n) is 5.81. The highest BCUT2D eigenvalue weighted by molar-refractivity contribution is 5.94. The average Bonchev–Trinajstić information content (AvgIpc) is 3.35. The summed E-state index contributed by atoms with van der Waals surface area (Å²) in [4.78, 5) is 15.0. The molecular weight excluding hydrogens is 378 g/mol. The van der Waals surface area contributed by atoms with E-state index in [0.29, 0.717) is 31.7 Å². The molecule has 1 aliphatic rings. The van der Waals surface area contributed by atoms with Gasteiger partial charge in [0, 0.05) is 36.5 Å². The van der Waals surface area contributed by atoms with Crippen LogP contribution in [0, 0.1) is 5.41 Å². The number of hydrogen-bond donors (Lipinski definition) is 1. The second-order valence-corrected chi connectivity index (χ2v) is 7.90. The van der Waals surface area contributed by atoms with Gasteiger partial charge < -0.3 is 14.7 Å². The summed E-state index contributed by atoms with van der Waals surface area (Å²) in [5.74, 6) is 0.829. The van der Waals surface area contributed by atoms with Gasteiger partial charge >= 0.3 is 0 Å². The highest BCUT2D eigenvalue weighted by Crippen LogP contribution is 2.34. The number of carbonyl (C=O) groups excluding carboxylic acids is 1. The van der Waals surface area contributed by atoms with Gasteiger partial charge in [0.05, 0.1) is 18.9 Å². The van der Waals surface area contributed by atoms with Crippen molar-refractivity contribution in [3.63, 3.8) is 0 Å². The summed E-state index contributed by atoms with van der Waals surface area (Å²) in [6.07, 6.45) is 6.07. The van der Waals surface area contributed by atoms with Gasteiger partial charge in [0.25, 0.3) is 5.91 Å². The minimum atomic E-state index is -0.322. The molecule has 1 aliphatic heterocycles. The second kappa shape index (κ2) is 9.13. The summed E-state index contributed by atoms with van der Waals surface area (Å²) in [6, 6.07) is 19.0. The lowest BCUT2D eigenvalue weighted by molar-refractivity contribution is 0.0156. The zero-order chi connectivity index (χ0) is 20.8. The quantitative estimate of drug-likeness (QED) is 0.653. The Morgan fingerprint density at radius 1 is 1.10 bits per heavy atom. The van der Waals surface area contributed by atoms with Crippen LogP contribution in [-0.2, 0) is 0 Å². The van der Waals surface area contributed by atoms with Gasteiger partial charge in [-0.2, -0.15) is 5.10 Å². The van der Waals surface area contributed by atoms with Crippen molar-refractivity contribution in [1.82, 2.24) is 14.7 Å². The molecule has 4 rings (SSSR count). The molecule has 0 unspecified atom stereocenters. The highest BCUT2D eigenvalue weighted by Gasteiger charge is 2.37. The predicted octanol–water partition coefficient (Wildman–Crippen LogP) is 3.56. The molecule has 2 aromatic carbocycles. The lowest BCUT2D eigenvalue weighted by Crippen LogP contribution is -2.48. The number of ether oxygens (including phenoxy) is 1. The Morgan fingerprint density at radius 2 is 1.90 bits per heavy atom. The molecule has 1 saturated heterocycles. The van der Waals surface area contributed by atoms with E-state index in [1.165, 1.54) is 0 Å². The number of amides is 1. The molecule has 3 aromatic rings.